The summed E-state index contributed by atoms with van der Waals surface area (Å²) in [6.07, 6.45) is -1.86. The lowest BCUT2D eigenvalue weighted by atomic mass is 9.79. The maximum absolute atomic E-state index is 13.2. The molecule has 0 radical (unpaired) electrons. The number of methoxy groups -OCH3 is 1. The van der Waals surface area contributed by atoms with Crippen molar-refractivity contribution in [3.63, 3.8) is 0 Å². The summed E-state index contributed by atoms with van der Waals surface area (Å²) in [4.78, 5) is 8.19. The first-order valence-corrected chi connectivity index (χ1v) is 6.70. The average Bonchev–Trinajstić information content (AvgIpc) is 2.36. The molecule has 1 N–H and O–H groups in total. The lowest BCUT2D eigenvalue weighted by molar-refractivity contribution is -0.143. The number of fused-ring (bicyclic) bond motifs is 1. The van der Waals surface area contributed by atoms with Crippen LogP contribution in [0.2, 0.25) is 0 Å². The molecule has 0 aromatic carbocycles. The Morgan fingerprint density at radius 1 is 1.25 bits per heavy atom. The molecule has 0 amide bonds. The minimum atomic E-state index is -4.45. The SMILES string of the molecule is COC1(c2nc3c(c(C(F)(F)F)n2)CCNC3)CCC1. The lowest BCUT2D eigenvalue weighted by Gasteiger charge is -2.39. The zero-order valence-corrected chi connectivity index (χ0v) is 11.2. The zero-order valence-electron chi connectivity index (χ0n) is 11.2. The van der Waals surface area contributed by atoms with E-state index >= 15 is 0 Å². The first-order chi connectivity index (χ1) is 9.46. The van der Waals surface area contributed by atoms with Crippen molar-refractivity contribution in [3.05, 3.63) is 22.8 Å². The predicted octanol–water partition coefficient (Wildman–Crippen LogP) is 2.17. The minimum Gasteiger partial charge on any atom is -0.370 e. The maximum Gasteiger partial charge on any atom is 0.433 e. The number of halogens is 3. The molecule has 2 aliphatic rings. The van der Waals surface area contributed by atoms with Crippen LogP contribution in [0, 0.1) is 0 Å². The highest BCUT2D eigenvalue weighted by molar-refractivity contribution is 5.32. The van der Waals surface area contributed by atoms with Gasteiger partial charge in [-0.15, -0.1) is 0 Å². The van der Waals surface area contributed by atoms with Crippen molar-refractivity contribution in [2.24, 2.45) is 0 Å². The molecule has 0 saturated heterocycles. The van der Waals surface area contributed by atoms with E-state index in [9.17, 15) is 13.2 Å². The number of alkyl halides is 3. The Kier molecular flexibility index (Phi) is 3.21. The van der Waals surface area contributed by atoms with Gasteiger partial charge in [0.2, 0.25) is 0 Å². The molecule has 3 rings (SSSR count). The van der Waals surface area contributed by atoms with Gasteiger partial charge < -0.3 is 10.1 Å². The molecule has 4 nitrogen and oxygen atoms in total. The highest BCUT2D eigenvalue weighted by Gasteiger charge is 2.45. The lowest BCUT2D eigenvalue weighted by Crippen LogP contribution is -2.40. The molecule has 1 aliphatic carbocycles. The van der Waals surface area contributed by atoms with Gasteiger partial charge in [-0.1, -0.05) is 0 Å². The molecular formula is C13H16F3N3O. The normalized spacial score (nSPS) is 21.2. The fourth-order valence-electron chi connectivity index (χ4n) is 2.81. The molecule has 1 fully saturated rings. The van der Waals surface area contributed by atoms with E-state index in [1.54, 1.807) is 0 Å². The number of aromatic nitrogens is 2. The van der Waals surface area contributed by atoms with Gasteiger partial charge in [0.15, 0.2) is 11.5 Å². The van der Waals surface area contributed by atoms with Crippen molar-refractivity contribution >= 4 is 0 Å². The van der Waals surface area contributed by atoms with Crippen LogP contribution >= 0.6 is 0 Å². The molecule has 1 aromatic heterocycles. The highest BCUT2D eigenvalue weighted by atomic mass is 19.4. The van der Waals surface area contributed by atoms with E-state index < -0.39 is 17.5 Å². The van der Waals surface area contributed by atoms with Crippen molar-refractivity contribution in [1.29, 1.82) is 0 Å². The number of hydrogen-bond donors (Lipinski definition) is 1. The second-order valence-electron chi connectivity index (χ2n) is 5.30. The summed E-state index contributed by atoms with van der Waals surface area (Å²) in [6, 6.07) is 0. The van der Waals surface area contributed by atoms with Crippen molar-refractivity contribution in [2.75, 3.05) is 13.7 Å². The minimum absolute atomic E-state index is 0.182. The van der Waals surface area contributed by atoms with Gasteiger partial charge in [-0.25, -0.2) is 9.97 Å². The van der Waals surface area contributed by atoms with Crippen molar-refractivity contribution in [1.82, 2.24) is 15.3 Å². The fraction of sp³-hybridized carbons (Fsp3) is 0.692. The van der Waals surface area contributed by atoms with E-state index in [1.807, 2.05) is 0 Å². The third kappa shape index (κ3) is 2.09. The Morgan fingerprint density at radius 3 is 2.55 bits per heavy atom. The molecule has 1 aliphatic heterocycles. The summed E-state index contributed by atoms with van der Waals surface area (Å²) in [7, 11) is 1.51. The molecule has 0 bridgehead atoms. The van der Waals surface area contributed by atoms with E-state index in [0.29, 0.717) is 38.0 Å². The molecular weight excluding hydrogens is 271 g/mol. The van der Waals surface area contributed by atoms with Crippen LogP contribution in [0.4, 0.5) is 13.2 Å². The molecule has 110 valence electrons. The third-order valence-electron chi connectivity index (χ3n) is 4.16. The zero-order chi connectivity index (χ0) is 14.4. The molecule has 7 heteroatoms. The Balaban J connectivity index is 2.13. The van der Waals surface area contributed by atoms with Gasteiger partial charge in [-0.05, 0) is 32.2 Å². The topological polar surface area (TPSA) is 47.0 Å². The molecule has 1 aromatic rings. The van der Waals surface area contributed by atoms with Crippen LogP contribution in [0.3, 0.4) is 0 Å². The van der Waals surface area contributed by atoms with Crippen LogP contribution in [-0.4, -0.2) is 23.6 Å². The average molecular weight is 287 g/mol. The number of ether oxygens (including phenoxy) is 1. The van der Waals surface area contributed by atoms with Crippen LogP contribution < -0.4 is 5.32 Å². The summed E-state index contributed by atoms with van der Waals surface area (Å²) in [6.45, 7) is 0.877. The van der Waals surface area contributed by atoms with Crippen LogP contribution in [0.15, 0.2) is 0 Å². The van der Waals surface area contributed by atoms with E-state index in [-0.39, 0.29) is 11.4 Å². The molecule has 1 saturated carbocycles. The smallest absolute Gasteiger partial charge is 0.370 e. The molecule has 0 unspecified atom stereocenters. The quantitative estimate of drug-likeness (QED) is 0.905. The third-order valence-corrected chi connectivity index (χ3v) is 4.16. The second-order valence-corrected chi connectivity index (χ2v) is 5.30. The fourth-order valence-corrected chi connectivity index (χ4v) is 2.81. The Bertz CT molecular complexity index is 521. The van der Waals surface area contributed by atoms with Crippen LogP contribution in [0.5, 0.6) is 0 Å². The van der Waals surface area contributed by atoms with Gasteiger partial charge in [0.1, 0.15) is 5.60 Å². The largest absolute Gasteiger partial charge is 0.433 e. The van der Waals surface area contributed by atoms with Crippen molar-refractivity contribution in [2.45, 2.75) is 44.0 Å². The first-order valence-electron chi connectivity index (χ1n) is 6.70. The van der Waals surface area contributed by atoms with Gasteiger partial charge in [0, 0.05) is 19.2 Å². The maximum atomic E-state index is 13.2. The second kappa shape index (κ2) is 4.66. The van der Waals surface area contributed by atoms with E-state index in [4.69, 9.17) is 4.74 Å². The van der Waals surface area contributed by atoms with Crippen LogP contribution in [0.1, 0.15) is 42.0 Å². The Labute approximate surface area is 114 Å². The first kappa shape index (κ1) is 13.8. The number of nitrogens with one attached hydrogen (secondary N) is 1. The summed E-state index contributed by atoms with van der Waals surface area (Å²) < 4.78 is 45.1. The number of rotatable bonds is 2. The predicted molar refractivity (Wildman–Crippen MR) is 65.0 cm³/mol. The van der Waals surface area contributed by atoms with Crippen LogP contribution in [-0.2, 0) is 29.5 Å². The molecule has 2 heterocycles. The molecule has 0 spiro atoms. The summed E-state index contributed by atoms with van der Waals surface area (Å²) in [5, 5.41) is 3.05. The van der Waals surface area contributed by atoms with Gasteiger partial charge in [-0.3, -0.25) is 0 Å². The van der Waals surface area contributed by atoms with Crippen LogP contribution in [0.25, 0.3) is 0 Å². The molecule has 0 atom stereocenters. The van der Waals surface area contributed by atoms with E-state index in [1.165, 1.54) is 7.11 Å². The van der Waals surface area contributed by atoms with Crippen molar-refractivity contribution in [3.8, 4) is 0 Å². The Morgan fingerprint density at radius 2 is 2.00 bits per heavy atom. The molecule has 20 heavy (non-hydrogen) atoms. The van der Waals surface area contributed by atoms with Gasteiger partial charge >= 0.3 is 6.18 Å². The van der Waals surface area contributed by atoms with Gasteiger partial charge in [-0.2, -0.15) is 13.2 Å². The summed E-state index contributed by atoms with van der Waals surface area (Å²) in [5.74, 6) is 0.182. The van der Waals surface area contributed by atoms with E-state index in [0.717, 1.165) is 6.42 Å². The summed E-state index contributed by atoms with van der Waals surface area (Å²) in [5.41, 5.74) is -0.836. The summed E-state index contributed by atoms with van der Waals surface area (Å²) >= 11 is 0. The Hall–Kier alpha value is -1.21. The van der Waals surface area contributed by atoms with Gasteiger partial charge in [0.05, 0.1) is 5.69 Å². The van der Waals surface area contributed by atoms with E-state index in [2.05, 4.69) is 15.3 Å². The monoisotopic (exact) mass is 287 g/mol. The number of nitrogens with zero attached hydrogens (tertiary/aromatic N) is 2. The number of hydrogen-bond acceptors (Lipinski definition) is 4. The van der Waals surface area contributed by atoms with Gasteiger partial charge in [0.25, 0.3) is 0 Å². The highest BCUT2D eigenvalue weighted by Crippen LogP contribution is 2.44. The van der Waals surface area contributed by atoms with Crippen molar-refractivity contribution < 1.29 is 17.9 Å². The standard InChI is InChI=1S/C13H16F3N3O/c1-20-12(4-2-5-12)11-18-9-7-17-6-3-8(9)10(19-11)13(14,15)16/h17H,2-7H2,1H3.